The molecular weight excluding hydrogens is 330 g/mol. The maximum atomic E-state index is 12.3. The van der Waals surface area contributed by atoms with Gasteiger partial charge in [-0.15, -0.1) is 16.4 Å². The van der Waals surface area contributed by atoms with Gasteiger partial charge in [-0.05, 0) is 23.6 Å². The van der Waals surface area contributed by atoms with Crippen molar-refractivity contribution in [3.63, 3.8) is 0 Å². The third-order valence-corrected chi connectivity index (χ3v) is 4.08. The lowest BCUT2D eigenvalue weighted by Crippen LogP contribution is -2.12. The fraction of sp³-hybridized carbons (Fsp3) is 0.188. The van der Waals surface area contributed by atoms with Crippen LogP contribution in [-0.4, -0.2) is 30.3 Å². The topological polar surface area (TPSA) is 86.5 Å². The molecule has 8 heteroatoms. The molecule has 0 spiro atoms. The molecule has 0 aliphatic carbocycles. The van der Waals surface area contributed by atoms with Gasteiger partial charge in [0.15, 0.2) is 0 Å². The van der Waals surface area contributed by atoms with Crippen LogP contribution in [-0.2, 0) is 6.42 Å². The number of benzene rings is 1. The van der Waals surface area contributed by atoms with Gasteiger partial charge in [-0.2, -0.15) is 0 Å². The zero-order chi connectivity index (χ0) is 16.9. The predicted octanol–water partition coefficient (Wildman–Crippen LogP) is 2.99. The summed E-state index contributed by atoms with van der Waals surface area (Å²) in [6.07, 6.45) is 0.535. The van der Waals surface area contributed by atoms with E-state index >= 15 is 0 Å². The van der Waals surface area contributed by atoms with E-state index in [0.29, 0.717) is 29.4 Å². The Bertz CT molecular complexity index is 807. The Morgan fingerprint density at radius 3 is 2.58 bits per heavy atom. The highest BCUT2D eigenvalue weighted by molar-refractivity contribution is 7.09. The number of amides is 1. The number of hydrogen-bond acceptors (Lipinski definition) is 7. The van der Waals surface area contributed by atoms with Gasteiger partial charge in [-0.3, -0.25) is 10.1 Å². The average molecular weight is 345 g/mol. The number of carbonyl (C=O) groups is 1. The van der Waals surface area contributed by atoms with Gasteiger partial charge in [0.25, 0.3) is 5.91 Å². The Kier molecular flexibility index (Phi) is 4.76. The molecule has 0 radical (unpaired) electrons. The highest BCUT2D eigenvalue weighted by atomic mass is 32.1. The van der Waals surface area contributed by atoms with E-state index in [-0.39, 0.29) is 6.01 Å². The minimum atomic E-state index is -0.390. The molecule has 0 saturated heterocycles. The largest absolute Gasteiger partial charge is 0.497 e. The number of nitrogens with zero attached hydrogens (tertiary/aromatic N) is 2. The van der Waals surface area contributed by atoms with Crippen LogP contribution in [0.3, 0.4) is 0 Å². The second-order valence-corrected chi connectivity index (χ2v) is 5.84. The Morgan fingerprint density at radius 1 is 1.21 bits per heavy atom. The molecule has 1 N–H and O–H groups in total. The molecule has 3 rings (SSSR count). The number of anilines is 1. The normalized spacial score (nSPS) is 10.4. The van der Waals surface area contributed by atoms with Crippen LogP contribution >= 0.6 is 11.3 Å². The standard InChI is InChI=1S/C16H15N3O4S/c1-21-11-6-10(7-12(8-11)22-2)15(20)17-16-19-18-14(23-16)9-13-4-3-5-24-13/h3-8H,9H2,1-2H3,(H,17,19,20). The summed E-state index contributed by atoms with van der Waals surface area (Å²) in [5.74, 6) is 1.08. The van der Waals surface area contributed by atoms with Gasteiger partial charge in [0.1, 0.15) is 11.5 Å². The number of nitrogens with one attached hydrogen (secondary N) is 1. The van der Waals surface area contributed by atoms with Gasteiger partial charge in [0.05, 0.1) is 20.6 Å². The molecule has 1 aromatic carbocycles. The quantitative estimate of drug-likeness (QED) is 0.739. The molecule has 0 unspecified atom stereocenters. The van der Waals surface area contributed by atoms with Crippen molar-refractivity contribution in [3.05, 3.63) is 52.0 Å². The van der Waals surface area contributed by atoms with Crippen molar-refractivity contribution in [1.29, 1.82) is 0 Å². The molecule has 0 saturated carbocycles. The highest BCUT2D eigenvalue weighted by Crippen LogP contribution is 2.23. The zero-order valence-corrected chi connectivity index (χ0v) is 13.9. The Balaban J connectivity index is 1.72. The van der Waals surface area contributed by atoms with Crippen molar-refractivity contribution in [2.45, 2.75) is 6.42 Å². The molecule has 1 amide bonds. The smallest absolute Gasteiger partial charge is 0.322 e. The summed E-state index contributed by atoms with van der Waals surface area (Å²) in [6, 6.07) is 8.86. The predicted molar refractivity (Wildman–Crippen MR) is 88.9 cm³/mol. The maximum absolute atomic E-state index is 12.3. The van der Waals surface area contributed by atoms with Gasteiger partial charge in [-0.25, -0.2) is 0 Å². The van der Waals surface area contributed by atoms with Crippen molar-refractivity contribution in [2.75, 3.05) is 19.5 Å². The molecule has 0 aliphatic heterocycles. The third-order valence-electron chi connectivity index (χ3n) is 3.21. The van der Waals surface area contributed by atoms with E-state index in [0.717, 1.165) is 4.88 Å². The van der Waals surface area contributed by atoms with Crippen LogP contribution in [0.5, 0.6) is 11.5 Å². The van der Waals surface area contributed by atoms with Crippen molar-refractivity contribution in [1.82, 2.24) is 10.2 Å². The van der Waals surface area contributed by atoms with E-state index in [2.05, 4.69) is 15.5 Å². The minimum Gasteiger partial charge on any atom is -0.497 e. The van der Waals surface area contributed by atoms with Gasteiger partial charge in [-0.1, -0.05) is 11.2 Å². The molecule has 0 fully saturated rings. The van der Waals surface area contributed by atoms with Crippen LogP contribution in [0.1, 0.15) is 21.1 Å². The average Bonchev–Trinajstić information content (AvgIpc) is 3.27. The second-order valence-electron chi connectivity index (χ2n) is 4.81. The molecule has 0 bridgehead atoms. The van der Waals surface area contributed by atoms with E-state index in [4.69, 9.17) is 13.9 Å². The summed E-state index contributed by atoms with van der Waals surface area (Å²) in [5, 5.41) is 12.3. The molecular formula is C16H15N3O4S. The zero-order valence-electron chi connectivity index (χ0n) is 13.1. The molecule has 0 aliphatic rings. The first-order valence-electron chi connectivity index (χ1n) is 7.07. The fourth-order valence-electron chi connectivity index (χ4n) is 2.05. The van der Waals surface area contributed by atoms with Crippen LogP contribution in [0.2, 0.25) is 0 Å². The molecule has 0 atom stereocenters. The number of aromatic nitrogens is 2. The lowest BCUT2D eigenvalue weighted by atomic mass is 10.2. The van der Waals surface area contributed by atoms with Gasteiger partial charge in [0.2, 0.25) is 5.89 Å². The summed E-state index contributed by atoms with van der Waals surface area (Å²) in [6.45, 7) is 0. The number of carbonyl (C=O) groups excluding carboxylic acids is 1. The van der Waals surface area contributed by atoms with E-state index in [1.54, 1.807) is 29.5 Å². The minimum absolute atomic E-state index is 0.0494. The van der Waals surface area contributed by atoms with E-state index in [9.17, 15) is 4.79 Å². The third kappa shape index (κ3) is 3.72. The Hall–Kier alpha value is -2.87. The summed E-state index contributed by atoms with van der Waals surface area (Å²) in [5.41, 5.74) is 0.365. The first-order chi connectivity index (χ1) is 11.7. The van der Waals surface area contributed by atoms with Gasteiger partial charge in [0, 0.05) is 16.5 Å². The van der Waals surface area contributed by atoms with E-state index < -0.39 is 5.91 Å². The van der Waals surface area contributed by atoms with Crippen molar-refractivity contribution in [3.8, 4) is 11.5 Å². The first-order valence-corrected chi connectivity index (χ1v) is 7.95. The van der Waals surface area contributed by atoms with Crippen LogP contribution in [0, 0.1) is 0 Å². The Labute approximate surface area is 142 Å². The van der Waals surface area contributed by atoms with Crippen LogP contribution in [0.4, 0.5) is 6.01 Å². The van der Waals surface area contributed by atoms with E-state index in [1.165, 1.54) is 14.2 Å². The number of thiophene rings is 1. The fourth-order valence-corrected chi connectivity index (χ4v) is 2.74. The molecule has 124 valence electrons. The monoisotopic (exact) mass is 345 g/mol. The summed E-state index contributed by atoms with van der Waals surface area (Å²) in [7, 11) is 3.04. The lowest BCUT2D eigenvalue weighted by Gasteiger charge is -2.07. The molecule has 2 aromatic heterocycles. The summed E-state index contributed by atoms with van der Waals surface area (Å²) >= 11 is 1.60. The number of methoxy groups -OCH3 is 2. The van der Waals surface area contributed by atoms with Crippen LogP contribution < -0.4 is 14.8 Å². The molecule has 2 heterocycles. The van der Waals surface area contributed by atoms with Crippen molar-refractivity contribution in [2.24, 2.45) is 0 Å². The highest BCUT2D eigenvalue weighted by Gasteiger charge is 2.14. The number of rotatable bonds is 6. The van der Waals surface area contributed by atoms with E-state index in [1.807, 2.05) is 17.5 Å². The first kappa shape index (κ1) is 16.0. The number of hydrogen-bond donors (Lipinski definition) is 1. The molecule has 7 nitrogen and oxygen atoms in total. The van der Waals surface area contributed by atoms with Crippen molar-refractivity contribution < 1.29 is 18.7 Å². The lowest BCUT2D eigenvalue weighted by molar-refractivity contribution is 0.102. The van der Waals surface area contributed by atoms with Gasteiger partial charge >= 0.3 is 6.01 Å². The maximum Gasteiger partial charge on any atom is 0.322 e. The number of ether oxygens (including phenoxy) is 2. The summed E-state index contributed by atoms with van der Waals surface area (Å²) in [4.78, 5) is 13.4. The summed E-state index contributed by atoms with van der Waals surface area (Å²) < 4.78 is 15.8. The van der Waals surface area contributed by atoms with Gasteiger partial charge < -0.3 is 13.9 Å². The van der Waals surface area contributed by atoms with Crippen LogP contribution in [0.15, 0.2) is 40.1 Å². The molecule has 24 heavy (non-hydrogen) atoms. The van der Waals surface area contributed by atoms with Crippen LogP contribution in [0.25, 0.3) is 0 Å². The SMILES string of the molecule is COc1cc(OC)cc(C(=O)Nc2nnc(Cc3cccs3)o2)c1. The van der Waals surface area contributed by atoms with Crippen molar-refractivity contribution >= 4 is 23.3 Å². The second kappa shape index (κ2) is 7.14. The Morgan fingerprint density at radius 2 is 1.96 bits per heavy atom. The molecule has 3 aromatic rings.